The molecule has 0 amide bonds. The molecule has 17 heavy (non-hydrogen) atoms. The van der Waals surface area contributed by atoms with E-state index in [1.54, 1.807) is 11.3 Å². The zero-order chi connectivity index (χ0) is 12.6. The predicted octanol–water partition coefficient (Wildman–Crippen LogP) is 3.47. The number of ether oxygens (including phenoxy) is 1. The molecule has 0 spiro atoms. The van der Waals surface area contributed by atoms with E-state index in [2.05, 4.69) is 36.7 Å². The summed E-state index contributed by atoms with van der Waals surface area (Å²) >= 11 is 5.21. The summed E-state index contributed by atoms with van der Waals surface area (Å²) in [6.07, 6.45) is 0.790. The second-order valence-electron chi connectivity index (χ2n) is 4.95. The van der Waals surface area contributed by atoms with Crippen molar-refractivity contribution in [3.05, 3.63) is 20.8 Å². The van der Waals surface area contributed by atoms with Gasteiger partial charge in [0.05, 0.1) is 18.3 Å². The Hall–Kier alpha value is 0.100. The van der Waals surface area contributed by atoms with Crippen LogP contribution >= 0.6 is 27.3 Å². The molecule has 1 aromatic heterocycles. The van der Waals surface area contributed by atoms with Gasteiger partial charge < -0.3 is 9.84 Å². The minimum absolute atomic E-state index is 0.147. The highest BCUT2D eigenvalue weighted by molar-refractivity contribution is 9.10. The topological polar surface area (TPSA) is 29.5 Å². The lowest BCUT2D eigenvalue weighted by Gasteiger charge is -2.24. The van der Waals surface area contributed by atoms with Crippen molar-refractivity contribution >= 4 is 27.3 Å². The number of hydrogen-bond acceptors (Lipinski definition) is 3. The highest BCUT2D eigenvalue weighted by atomic mass is 79.9. The molecule has 0 radical (unpaired) electrons. The van der Waals surface area contributed by atoms with Crippen molar-refractivity contribution in [1.29, 1.82) is 0 Å². The lowest BCUT2D eigenvalue weighted by Crippen LogP contribution is -2.32. The summed E-state index contributed by atoms with van der Waals surface area (Å²) in [6.45, 7) is 6.33. The van der Waals surface area contributed by atoms with E-state index in [9.17, 15) is 5.11 Å². The van der Waals surface area contributed by atoms with Crippen molar-refractivity contribution in [1.82, 2.24) is 0 Å². The van der Waals surface area contributed by atoms with Crippen molar-refractivity contribution in [3.63, 3.8) is 0 Å². The van der Waals surface area contributed by atoms with E-state index in [-0.39, 0.29) is 24.2 Å². The van der Waals surface area contributed by atoms with Crippen LogP contribution in [0.3, 0.4) is 0 Å². The average molecular weight is 319 g/mol. The molecule has 5 atom stereocenters. The summed E-state index contributed by atoms with van der Waals surface area (Å²) in [6, 6.07) is 2.04. The third-order valence-electron chi connectivity index (χ3n) is 3.85. The monoisotopic (exact) mass is 318 g/mol. The van der Waals surface area contributed by atoms with Gasteiger partial charge in [-0.1, -0.05) is 6.92 Å². The molecule has 4 heteroatoms. The number of thiophene rings is 1. The van der Waals surface area contributed by atoms with Crippen LogP contribution in [0.25, 0.3) is 0 Å². The summed E-state index contributed by atoms with van der Waals surface area (Å²) in [5.74, 6) is 0.651. The normalized spacial score (nSPS) is 35.1. The Kier molecular flexibility index (Phi) is 4.29. The maximum absolute atomic E-state index is 10.4. The van der Waals surface area contributed by atoms with Gasteiger partial charge in [-0.15, -0.1) is 11.3 Å². The van der Waals surface area contributed by atoms with Crippen LogP contribution in [0, 0.1) is 11.8 Å². The molecule has 1 aromatic rings. The Morgan fingerprint density at radius 3 is 2.59 bits per heavy atom. The van der Waals surface area contributed by atoms with Gasteiger partial charge in [-0.25, -0.2) is 0 Å². The highest BCUT2D eigenvalue weighted by Gasteiger charge is 2.41. The summed E-state index contributed by atoms with van der Waals surface area (Å²) in [7, 11) is 0. The van der Waals surface area contributed by atoms with Gasteiger partial charge in [-0.3, -0.25) is 0 Å². The van der Waals surface area contributed by atoms with Crippen molar-refractivity contribution in [3.8, 4) is 0 Å². The first-order valence-corrected chi connectivity index (χ1v) is 7.73. The zero-order valence-corrected chi connectivity index (χ0v) is 12.8. The van der Waals surface area contributed by atoms with Crippen molar-refractivity contribution in [2.75, 3.05) is 0 Å². The molecule has 2 rings (SSSR count). The number of aliphatic hydroxyl groups excluding tert-OH is 1. The van der Waals surface area contributed by atoms with Gasteiger partial charge in [0.2, 0.25) is 0 Å². The molecule has 2 nitrogen and oxygen atoms in total. The molecule has 1 aliphatic heterocycles. The molecule has 0 bridgehead atoms. The van der Waals surface area contributed by atoms with Gasteiger partial charge >= 0.3 is 0 Å². The van der Waals surface area contributed by atoms with E-state index in [0.717, 1.165) is 4.47 Å². The second-order valence-corrected chi connectivity index (χ2v) is 6.80. The largest absolute Gasteiger partial charge is 0.392 e. The van der Waals surface area contributed by atoms with Gasteiger partial charge in [-0.05, 0) is 47.1 Å². The van der Waals surface area contributed by atoms with E-state index >= 15 is 0 Å². The Bertz CT molecular complexity index is 379. The lowest BCUT2D eigenvalue weighted by molar-refractivity contribution is 0.0242. The van der Waals surface area contributed by atoms with Crippen LogP contribution < -0.4 is 0 Å². The fourth-order valence-electron chi connectivity index (χ4n) is 2.75. The van der Waals surface area contributed by atoms with Gasteiger partial charge in [0.25, 0.3) is 0 Å². The standard InChI is InChI=1S/C13H19BrO2S/c1-7-8(2)16-9(3)13(7)11(15)6-12-10(14)4-5-17-12/h4-5,7-9,11,13,15H,6H2,1-3H3. The molecule has 96 valence electrons. The van der Waals surface area contributed by atoms with E-state index < -0.39 is 0 Å². The van der Waals surface area contributed by atoms with E-state index in [1.165, 1.54) is 4.88 Å². The third-order valence-corrected chi connectivity index (χ3v) is 5.80. The SMILES string of the molecule is CC1OC(C)C(C(O)Cc2sccc2Br)C1C. The van der Waals surface area contributed by atoms with Gasteiger partial charge in [-0.2, -0.15) is 0 Å². The first-order valence-electron chi connectivity index (χ1n) is 6.06. The fourth-order valence-corrected chi connectivity index (χ4v) is 4.32. The van der Waals surface area contributed by atoms with Crippen LogP contribution in [0.2, 0.25) is 0 Å². The minimum Gasteiger partial charge on any atom is -0.392 e. The summed E-state index contributed by atoms with van der Waals surface area (Å²) < 4.78 is 6.89. The molecule has 0 saturated carbocycles. The number of halogens is 1. The molecule has 5 unspecified atom stereocenters. The Balaban J connectivity index is 2.05. The number of hydrogen-bond donors (Lipinski definition) is 1. The van der Waals surface area contributed by atoms with Crippen LogP contribution in [-0.2, 0) is 11.2 Å². The molecule has 0 aromatic carbocycles. The Morgan fingerprint density at radius 1 is 1.41 bits per heavy atom. The predicted molar refractivity (Wildman–Crippen MR) is 74.4 cm³/mol. The van der Waals surface area contributed by atoms with E-state index in [4.69, 9.17) is 4.74 Å². The van der Waals surface area contributed by atoms with Crippen LogP contribution in [0.15, 0.2) is 15.9 Å². The Labute approximate surface area is 115 Å². The lowest BCUT2D eigenvalue weighted by atomic mass is 9.83. The first kappa shape index (κ1) is 13.5. The van der Waals surface area contributed by atoms with Gasteiger partial charge in [0.15, 0.2) is 0 Å². The summed E-state index contributed by atoms with van der Waals surface area (Å²) in [4.78, 5) is 1.22. The third kappa shape index (κ3) is 2.75. The number of aliphatic hydroxyl groups is 1. The molecular formula is C13H19BrO2S. The molecule has 1 aliphatic rings. The minimum atomic E-state index is -0.320. The van der Waals surface area contributed by atoms with Crippen LogP contribution in [-0.4, -0.2) is 23.4 Å². The second kappa shape index (κ2) is 5.39. The Morgan fingerprint density at radius 2 is 2.12 bits per heavy atom. The van der Waals surface area contributed by atoms with Crippen LogP contribution in [0.1, 0.15) is 25.6 Å². The summed E-state index contributed by atoms with van der Waals surface area (Å²) in [5, 5.41) is 12.5. The quantitative estimate of drug-likeness (QED) is 0.924. The zero-order valence-electron chi connectivity index (χ0n) is 10.4. The highest BCUT2D eigenvalue weighted by Crippen LogP contribution is 2.36. The van der Waals surface area contributed by atoms with Crippen LogP contribution in [0.4, 0.5) is 0 Å². The van der Waals surface area contributed by atoms with E-state index in [0.29, 0.717) is 12.3 Å². The van der Waals surface area contributed by atoms with Crippen molar-refractivity contribution in [2.45, 2.75) is 45.5 Å². The first-order chi connectivity index (χ1) is 8.00. The van der Waals surface area contributed by atoms with Gasteiger partial charge in [0.1, 0.15) is 0 Å². The smallest absolute Gasteiger partial charge is 0.0645 e. The van der Waals surface area contributed by atoms with Gasteiger partial charge in [0, 0.05) is 21.7 Å². The molecule has 1 saturated heterocycles. The average Bonchev–Trinajstić information content (AvgIpc) is 2.74. The summed E-state index contributed by atoms with van der Waals surface area (Å²) in [5.41, 5.74) is 0. The number of rotatable bonds is 3. The maximum atomic E-state index is 10.4. The molecule has 2 heterocycles. The maximum Gasteiger partial charge on any atom is 0.0645 e. The van der Waals surface area contributed by atoms with E-state index in [1.807, 2.05) is 11.4 Å². The molecular weight excluding hydrogens is 300 g/mol. The molecule has 1 N–H and O–H groups in total. The van der Waals surface area contributed by atoms with Crippen molar-refractivity contribution in [2.24, 2.45) is 11.8 Å². The fraction of sp³-hybridized carbons (Fsp3) is 0.692. The van der Waals surface area contributed by atoms with Crippen molar-refractivity contribution < 1.29 is 9.84 Å². The molecule has 1 fully saturated rings. The van der Waals surface area contributed by atoms with Crippen LogP contribution in [0.5, 0.6) is 0 Å². The molecule has 0 aliphatic carbocycles.